The van der Waals surface area contributed by atoms with Crippen LogP contribution in [0.4, 0.5) is 31.5 Å². The number of halogens is 6. The molecule has 1 aromatic heterocycles. The van der Waals surface area contributed by atoms with Crippen molar-refractivity contribution in [1.29, 1.82) is 0 Å². The summed E-state index contributed by atoms with van der Waals surface area (Å²) in [4.78, 5) is 15.2. The number of aromatic nitrogens is 1. The molecule has 124 valence electrons. The van der Waals surface area contributed by atoms with E-state index in [1.165, 1.54) is 6.07 Å². The molecule has 0 bridgehead atoms. The molecule has 23 heavy (non-hydrogen) atoms. The molecule has 0 spiro atoms. The number of hydrogen-bond donors (Lipinski definition) is 1. The summed E-state index contributed by atoms with van der Waals surface area (Å²) in [5, 5.41) is 0.196. The van der Waals surface area contributed by atoms with Gasteiger partial charge in [-0.25, -0.2) is 15.8 Å². The van der Waals surface area contributed by atoms with E-state index in [1.807, 2.05) is 0 Å². The second-order valence-electron chi connectivity index (χ2n) is 4.23. The Bertz CT molecular complexity index is 724. The Hall–Kier alpha value is -2.14. The summed E-state index contributed by atoms with van der Waals surface area (Å²) < 4.78 is 76.0. The molecule has 2 aromatic rings. The number of rotatable bonds is 2. The van der Waals surface area contributed by atoms with Gasteiger partial charge in [-0.3, -0.25) is 4.79 Å². The van der Waals surface area contributed by atoms with Gasteiger partial charge in [-0.2, -0.15) is 26.3 Å². The molecule has 4 nitrogen and oxygen atoms in total. The van der Waals surface area contributed by atoms with Crippen LogP contribution in [0.15, 0.2) is 29.6 Å². The van der Waals surface area contributed by atoms with E-state index >= 15 is 0 Å². The zero-order valence-corrected chi connectivity index (χ0v) is 11.8. The first kappa shape index (κ1) is 17.2. The second kappa shape index (κ2) is 5.81. The lowest BCUT2D eigenvalue weighted by molar-refractivity contribution is -0.140. The van der Waals surface area contributed by atoms with Crippen LogP contribution in [0.25, 0.3) is 0 Å². The van der Waals surface area contributed by atoms with Crippen molar-refractivity contribution in [2.45, 2.75) is 12.4 Å². The first-order valence-electron chi connectivity index (χ1n) is 5.80. The van der Waals surface area contributed by atoms with Crippen LogP contribution in [0.1, 0.15) is 21.6 Å². The lowest BCUT2D eigenvalue weighted by Crippen LogP contribution is -2.38. The Kier molecular flexibility index (Phi) is 4.35. The van der Waals surface area contributed by atoms with Crippen molar-refractivity contribution >= 4 is 22.4 Å². The minimum absolute atomic E-state index is 0.157. The molecule has 0 aliphatic rings. The maximum atomic E-state index is 12.9. The molecule has 2 N–H and O–H groups in total. The number of hydrogen-bond acceptors (Lipinski definition) is 4. The molecule has 0 aliphatic carbocycles. The monoisotopic (exact) mass is 355 g/mol. The quantitative estimate of drug-likeness (QED) is 0.387. The second-order valence-corrected chi connectivity index (χ2v) is 5.07. The number of amides is 1. The summed E-state index contributed by atoms with van der Waals surface area (Å²) >= 11 is 0.389. The average Bonchev–Trinajstić information content (AvgIpc) is 2.94. The van der Waals surface area contributed by atoms with Gasteiger partial charge >= 0.3 is 12.4 Å². The third kappa shape index (κ3) is 3.62. The highest BCUT2D eigenvalue weighted by Crippen LogP contribution is 2.35. The summed E-state index contributed by atoms with van der Waals surface area (Å²) in [6.07, 6.45) is -9.56. The van der Waals surface area contributed by atoms with Crippen LogP contribution in [-0.2, 0) is 12.4 Å². The summed E-state index contributed by atoms with van der Waals surface area (Å²) in [7, 11) is 0. The van der Waals surface area contributed by atoms with Gasteiger partial charge < -0.3 is 0 Å². The third-order valence-electron chi connectivity index (χ3n) is 2.67. The number of carbonyl (C=O) groups excluding carboxylic acids is 1. The fourth-order valence-electron chi connectivity index (χ4n) is 1.64. The molecule has 0 atom stereocenters. The number of alkyl halides is 6. The van der Waals surface area contributed by atoms with Crippen molar-refractivity contribution in [2.24, 2.45) is 5.84 Å². The zero-order chi connectivity index (χ0) is 17.4. The summed E-state index contributed by atoms with van der Waals surface area (Å²) in [5.74, 6) is 4.02. The number of thiazole rings is 1. The lowest BCUT2D eigenvalue weighted by atomic mass is 10.1. The average molecular weight is 355 g/mol. The van der Waals surface area contributed by atoms with Gasteiger partial charge in [0.25, 0.3) is 5.91 Å². The van der Waals surface area contributed by atoms with E-state index < -0.39 is 40.2 Å². The first-order valence-corrected chi connectivity index (χ1v) is 6.68. The van der Waals surface area contributed by atoms with Gasteiger partial charge in [-0.15, -0.1) is 11.3 Å². The standard InChI is InChI=1S/C12H7F6N3OS/c13-11(14,15)7-4-2-1-3-6(7)9(22)21(19)10-20-8(5-23-10)12(16,17)18/h1-5H,19H2. The highest BCUT2D eigenvalue weighted by molar-refractivity contribution is 7.14. The van der Waals surface area contributed by atoms with Gasteiger partial charge in [0.1, 0.15) is 0 Å². The Morgan fingerprint density at radius 3 is 2.22 bits per heavy atom. The van der Waals surface area contributed by atoms with Gasteiger partial charge in [-0.1, -0.05) is 12.1 Å². The van der Waals surface area contributed by atoms with Crippen molar-refractivity contribution in [2.75, 3.05) is 5.01 Å². The smallest absolute Gasteiger partial charge is 0.267 e. The largest absolute Gasteiger partial charge is 0.434 e. The SMILES string of the molecule is NN(C(=O)c1ccccc1C(F)(F)F)c1nc(C(F)(F)F)cs1. The van der Waals surface area contributed by atoms with Gasteiger partial charge in [0, 0.05) is 5.38 Å². The molecule has 0 aliphatic heterocycles. The van der Waals surface area contributed by atoms with E-state index in [9.17, 15) is 31.1 Å². The summed E-state index contributed by atoms with van der Waals surface area (Å²) in [5.41, 5.74) is -3.32. The van der Waals surface area contributed by atoms with Crippen LogP contribution in [0.5, 0.6) is 0 Å². The normalized spacial score (nSPS) is 12.3. The number of benzene rings is 1. The van der Waals surface area contributed by atoms with E-state index in [1.54, 1.807) is 0 Å². The molecule has 1 heterocycles. The van der Waals surface area contributed by atoms with Crippen molar-refractivity contribution < 1.29 is 31.1 Å². The fourth-order valence-corrected chi connectivity index (χ4v) is 2.39. The van der Waals surface area contributed by atoms with Gasteiger partial charge in [-0.05, 0) is 12.1 Å². The molecule has 2 rings (SSSR count). The summed E-state index contributed by atoms with van der Waals surface area (Å²) in [6, 6.07) is 3.80. The molecule has 0 saturated carbocycles. The summed E-state index contributed by atoms with van der Waals surface area (Å²) in [6.45, 7) is 0. The highest BCUT2D eigenvalue weighted by atomic mass is 32.1. The zero-order valence-electron chi connectivity index (χ0n) is 10.9. The Labute approximate surface area is 129 Å². The van der Waals surface area contributed by atoms with Crippen molar-refractivity contribution in [3.63, 3.8) is 0 Å². The van der Waals surface area contributed by atoms with Gasteiger partial charge in [0.15, 0.2) is 5.69 Å². The number of carbonyl (C=O) groups is 1. The Morgan fingerprint density at radius 1 is 1.09 bits per heavy atom. The molecule has 1 aromatic carbocycles. The lowest BCUT2D eigenvalue weighted by Gasteiger charge is -2.17. The highest BCUT2D eigenvalue weighted by Gasteiger charge is 2.37. The van der Waals surface area contributed by atoms with E-state index in [0.717, 1.165) is 12.1 Å². The molecule has 11 heteroatoms. The Morgan fingerprint density at radius 2 is 1.70 bits per heavy atom. The van der Waals surface area contributed by atoms with Crippen LogP contribution in [0.3, 0.4) is 0 Å². The van der Waals surface area contributed by atoms with E-state index in [2.05, 4.69) is 4.98 Å². The van der Waals surface area contributed by atoms with Crippen molar-refractivity contribution in [3.8, 4) is 0 Å². The van der Waals surface area contributed by atoms with Crippen LogP contribution in [0, 0.1) is 0 Å². The number of hydrazine groups is 1. The van der Waals surface area contributed by atoms with Crippen LogP contribution in [-0.4, -0.2) is 10.9 Å². The van der Waals surface area contributed by atoms with E-state index in [0.29, 0.717) is 22.8 Å². The van der Waals surface area contributed by atoms with Gasteiger partial charge in [0.2, 0.25) is 5.13 Å². The van der Waals surface area contributed by atoms with Crippen LogP contribution < -0.4 is 10.9 Å². The third-order valence-corrected chi connectivity index (χ3v) is 3.51. The molecule has 0 radical (unpaired) electrons. The predicted octanol–water partition coefficient (Wildman–Crippen LogP) is 3.70. The van der Waals surface area contributed by atoms with Crippen molar-refractivity contribution in [1.82, 2.24) is 4.98 Å². The molecular weight excluding hydrogens is 348 g/mol. The van der Waals surface area contributed by atoms with E-state index in [-0.39, 0.29) is 5.01 Å². The van der Waals surface area contributed by atoms with Gasteiger partial charge in [0.05, 0.1) is 11.1 Å². The minimum atomic E-state index is -4.81. The molecule has 0 unspecified atom stereocenters. The minimum Gasteiger partial charge on any atom is -0.267 e. The topological polar surface area (TPSA) is 59.2 Å². The molecule has 0 saturated heterocycles. The number of anilines is 1. The molecule has 1 amide bonds. The maximum Gasteiger partial charge on any atom is 0.434 e. The van der Waals surface area contributed by atoms with E-state index in [4.69, 9.17) is 5.84 Å². The number of nitrogens with two attached hydrogens (primary N) is 1. The molecular formula is C12H7F6N3OS. The maximum absolute atomic E-state index is 12.9. The van der Waals surface area contributed by atoms with Crippen LogP contribution >= 0.6 is 11.3 Å². The Balaban J connectivity index is 2.36. The van der Waals surface area contributed by atoms with Crippen molar-refractivity contribution in [3.05, 3.63) is 46.5 Å². The number of nitrogens with zero attached hydrogens (tertiary/aromatic N) is 2. The first-order chi connectivity index (χ1) is 10.5. The van der Waals surface area contributed by atoms with Crippen LogP contribution in [0.2, 0.25) is 0 Å². The predicted molar refractivity (Wildman–Crippen MR) is 69.6 cm³/mol. The fraction of sp³-hybridized carbons (Fsp3) is 0.167. The molecule has 0 fully saturated rings.